The summed E-state index contributed by atoms with van der Waals surface area (Å²) in [7, 11) is 0. The maximum Gasteiger partial charge on any atom is 0.343 e. The first-order valence-electron chi connectivity index (χ1n) is 7.38. The Morgan fingerprint density at radius 2 is 2.00 bits per heavy atom. The van der Waals surface area contributed by atoms with Crippen LogP contribution in [0.5, 0.6) is 0 Å². The van der Waals surface area contributed by atoms with Crippen molar-refractivity contribution in [1.29, 1.82) is 0 Å². The molecule has 2 heterocycles. The van der Waals surface area contributed by atoms with Crippen molar-refractivity contribution in [2.24, 2.45) is 16.7 Å². The van der Waals surface area contributed by atoms with Crippen LogP contribution in [0.1, 0.15) is 20.3 Å². The second kappa shape index (κ2) is 3.72. The molecule has 0 aromatic heterocycles. The third-order valence-electron chi connectivity index (χ3n) is 6.36. The molecular weight excluding hydrogens is 292 g/mol. The van der Waals surface area contributed by atoms with Crippen LogP contribution in [-0.2, 0) is 19.1 Å². The zero-order valence-corrected chi connectivity index (χ0v) is 12.3. The van der Waals surface area contributed by atoms with E-state index in [2.05, 4.69) is 0 Å². The van der Waals surface area contributed by atoms with Gasteiger partial charge in [-0.2, -0.15) is 0 Å². The lowest BCUT2D eigenvalue weighted by Gasteiger charge is -2.58. The van der Waals surface area contributed by atoms with Crippen LogP contribution in [0.2, 0.25) is 0 Å². The molecule has 4 rings (SSSR count). The zero-order chi connectivity index (χ0) is 16.1. The molecule has 3 fully saturated rings. The average molecular weight is 310 g/mol. The average Bonchev–Trinajstić information content (AvgIpc) is 2.87. The number of ether oxygens (including phenoxy) is 2. The first kappa shape index (κ1) is 14.2. The van der Waals surface area contributed by atoms with E-state index >= 15 is 0 Å². The van der Waals surface area contributed by atoms with E-state index in [0.29, 0.717) is 5.57 Å². The molecule has 0 unspecified atom stereocenters. The molecule has 2 aliphatic carbocycles. The summed E-state index contributed by atoms with van der Waals surface area (Å²) in [5.41, 5.74) is -3.63. The van der Waals surface area contributed by atoms with Crippen LogP contribution in [0.15, 0.2) is 11.6 Å². The van der Waals surface area contributed by atoms with Gasteiger partial charge in [-0.3, -0.25) is 0 Å². The van der Waals surface area contributed by atoms with Crippen LogP contribution in [0.4, 0.5) is 0 Å². The molecule has 0 amide bonds. The van der Waals surface area contributed by atoms with Crippen LogP contribution in [-0.4, -0.2) is 57.8 Å². The second-order valence-corrected chi connectivity index (χ2v) is 7.11. The number of cyclic esters (lactones) is 1. The minimum Gasteiger partial charge on any atom is -0.462 e. The second-order valence-electron chi connectivity index (χ2n) is 7.11. The molecule has 2 bridgehead atoms. The quantitative estimate of drug-likeness (QED) is 0.384. The number of carbonyl (C=O) groups excluding carboxylic acids is 2. The van der Waals surface area contributed by atoms with Gasteiger partial charge in [0, 0.05) is 11.8 Å². The van der Waals surface area contributed by atoms with Crippen molar-refractivity contribution in [3.05, 3.63) is 11.6 Å². The molecule has 0 radical (unpaired) electrons. The van der Waals surface area contributed by atoms with Gasteiger partial charge in [0.25, 0.3) is 0 Å². The summed E-state index contributed by atoms with van der Waals surface area (Å²) >= 11 is 0. The minimum atomic E-state index is -1.98. The fourth-order valence-corrected chi connectivity index (χ4v) is 4.94. The Hall–Kier alpha value is -1.44. The standard InChI is InChI=1S/C15H18O7/c1-6-7(16)3-8-13(2)5-21-12(19)15(13,20)9-4-14(6,8)10(17)11(18)22-9/h3,6-7,9-10,16-17,20H,4-5H2,1-2H3/t6-,7-,9-,10+,13+,14-,15-/m1/s1. The number of aliphatic hydroxyl groups is 3. The van der Waals surface area contributed by atoms with Gasteiger partial charge in [0.1, 0.15) is 12.7 Å². The molecule has 7 atom stereocenters. The molecule has 22 heavy (non-hydrogen) atoms. The van der Waals surface area contributed by atoms with Gasteiger partial charge in [-0.05, 0) is 18.4 Å². The molecule has 4 aliphatic rings. The van der Waals surface area contributed by atoms with E-state index in [1.807, 2.05) is 0 Å². The van der Waals surface area contributed by atoms with Crippen molar-refractivity contribution in [2.75, 3.05) is 6.61 Å². The van der Waals surface area contributed by atoms with E-state index in [9.17, 15) is 24.9 Å². The van der Waals surface area contributed by atoms with E-state index in [4.69, 9.17) is 9.47 Å². The highest BCUT2D eigenvalue weighted by molar-refractivity contribution is 5.88. The Labute approximate surface area is 126 Å². The van der Waals surface area contributed by atoms with Gasteiger partial charge in [-0.15, -0.1) is 0 Å². The van der Waals surface area contributed by atoms with E-state index in [1.54, 1.807) is 19.9 Å². The third-order valence-corrected chi connectivity index (χ3v) is 6.36. The molecule has 3 N–H and O–H groups in total. The number of fused-ring (bicyclic) bond motifs is 4. The van der Waals surface area contributed by atoms with Crippen LogP contribution in [0.3, 0.4) is 0 Å². The number of hydrogen-bond acceptors (Lipinski definition) is 7. The molecule has 0 aromatic carbocycles. The summed E-state index contributed by atoms with van der Waals surface area (Å²) in [6.07, 6.45) is -1.75. The number of aliphatic hydroxyl groups excluding tert-OH is 2. The molecule has 2 saturated heterocycles. The Kier molecular flexibility index (Phi) is 2.40. The fraction of sp³-hybridized carbons (Fsp3) is 0.733. The topological polar surface area (TPSA) is 113 Å². The first-order chi connectivity index (χ1) is 10.2. The number of esters is 2. The molecule has 0 aromatic rings. The Morgan fingerprint density at radius 1 is 1.32 bits per heavy atom. The zero-order valence-electron chi connectivity index (χ0n) is 12.3. The lowest BCUT2D eigenvalue weighted by Crippen LogP contribution is -2.71. The van der Waals surface area contributed by atoms with Gasteiger partial charge in [0.15, 0.2) is 6.10 Å². The van der Waals surface area contributed by atoms with Crippen molar-refractivity contribution >= 4 is 11.9 Å². The Bertz CT molecular complexity index is 627. The summed E-state index contributed by atoms with van der Waals surface area (Å²) in [4.78, 5) is 24.3. The van der Waals surface area contributed by atoms with Gasteiger partial charge in [0.05, 0.1) is 11.5 Å². The minimum absolute atomic E-state index is 0.0733. The van der Waals surface area contributed by atoms with Crippen molar-refractivity contribution in [2.45, 2.75) is 44.2 Å². The van der Waals surface area contributed by atoms with E-state index < -0.39 is 52.6 Å². The van der Waals surface area contributed by atoms with Gasteiger partial charge >= 0.3 is 11.9 Å². The van der Waals surface area contributed by atoms with Crippen molar-refractivity contribution in [1.82, 2.24) is 0 Å². The van der Waals surface area contributed by atoms with Crippen LogP contribution >= 0.6 is 0 Å². The highest BCUT2D eigenvalue weighted by Gasteiger charge is 2.78. The SMILES string of the molecule is C[C@@H]1[C@H](O)C=C2[C@@]13C[C@@H](OC(=O)[C@@H]3O)[C@@]1(O)C(=O)OC[C@@]21C. The normalized spacial score (nSPS) is 56.0. The number of carbonyl (C=O) groups is 2. The summed E-state index contributed by atoms with van der Waals surface area (Å²) in [5.74, 6) is -2.13. The van der Waals surface area contributed by atoms with Crippen LogP contribution in [0, 0.1) is 16.7 Å². The predicted octanol–water partition coefficient (Wildman–Crippen LogP) is -1.11. The molecule has 1 spiro atoms. The fourth-order valence-electron chi connectivity index (χ4n) is 4.94. The molecule has 1 saturated carbocycles. The van der Waals surface area contributed by atoms with Crippen LogP contribution < -0.4 is 0 Å². The largest absolute Gasteiger partial charge is 0.462 e. The van der Waals surface area contributed by atoms with Crippen molar-refractivity contribution in [3.63, 3.8) is 0 Å². The summed E-state index contributed by atoms with van der Waals surface area (Å²) in [5, 5.41) is 31.8. The monoisotopic (exact) mass is 310 g/mol. The maximum atomic E-state index is 12.2. The predicted molar refractivity (Wildman–Crippen MR) is 70.2 cm³/mol. The van der Waals surface area contributed by atoms with Gasteiger partial charge in [0.2, 0.25) is 5.60 Å². The Balaban J connectivity index is 2.00. The molecule has 7 heteroatoms. The Morgan fingerprint density at radius 3 is 2.68 bits per heavy atom. The molecule has 7 nitrogen and oxygen atoms in total. The third kappa shape index (κ3) is 1.15. The van der Waals surface area contributed by atoms with E-state index in [0.717, 1.165) is 0 Å². The highest BCUT2D eigenvalue weighted by Crippen LogP contribution is 2.67. The summed E-state index contributed by atoms with van der Waals surface area (Å²) in [6, 6.07) is 0. The lowest BCUT2D eigenvalue weighted by molar-refractivity contribution is -0.234. The number of rotatable bonds is 0. The summed E-state index contributed by atoms with van der Waals surface area (Å²) in [6.45, 7) is 3.33. The van der Waals surface area contributed by atoms with Gasteiger partial charge in [-0.25, -0.2) is 9.59 Å². The number of hydrogen-bond donors (Lipinski definition) is 3. The maximum absolute atomic E-state index is 12.2. The van der Waals surface area contributed by atoms with Crippen molar-refractivity contribution in [3.8, 4) is 0 Å². The molecular formula is C15H18O7. The van der Waals surface area contributed by atoms with Gasteiger partial charge < -0.3 is 24.8 Å². The first-order valence-corrected chi connectivity index (χ1v) is 7.38. The molecule has 2 aliphatic heterocycles. The smallest absolute Gasteiger partial charge is 0.343 e. The lowest BCUT2D eigenvalue weighted by atomic mass is 9.49. The highest BCUT2D eigenvalue weighted by atomic mass is 16.6. The van der Waals surface area contributed by atoms with E-state index in [1.165, 1.54) is 0 Å². The van der Waals surface area contributed by atoms with E-state index in [-0.39, 0.29) is 13.0 Å². The molecule has 120 valence electrons. The van der Waals surface area contributed by atoms with Gasteiger partial charge in [-0.1, -0.05) is 13.0 Å². The van der Waals surface area contributed by atoms with Crippen molar-refractivity contribution < 1.29 is 34.4 Å². The summed E-state index contributed by atoms with van der Waals surface area (Å²) < 4.78 is 10.2. The van der Waals surface area contributed by atoms with Crippen LogP contribution in [0.25, 0.3) is 0 Å².